The van der Waals surface area contributed by atoms with Crippen LogP contribution in [0, 0.1) is 0 Å². The van der Waals surface area contributed by atoms with Gasteiger partial charge in [0.2, 0.25) is 0 Å². The highest BCUT2D eigenvalue weighted by Crippen LogP contribution is 2.09. The zero-order chi connectivity index (χ0) is 15.2. The Labute approximate surface area is 123 Å². The Morgan fingerprint density at radius 1 is 1.29 bits per heavy atom. The van der Waals surface area contributed by atoms with Crippen LogP contribution >= 0.6 is 0 Å². The molecular weight excluding hydrogens is 272 g/mol. The van der Waals surface area contributed by atoms with Gasteiger partial charge < -0.3 is 20.4 Å². The van der Waals surface area contributed by atoms with E-state index >= 15 is 0 Å². The van der Waals surface area contributed by atoms with Gasteiger partial charge in [0.1, 0.15) is 0 Å². The molecule has 3 N–H and O–H groups in total. The Balaban J connectivity index is 1.75. The number of aliphatic hydroxyl groups excluding tert-OH is 1. The van der Waals surface area contributed by atoms with Crippen LogP contribution in [0.25, 0.3) is 0 Å². The molecule has 6 nitrogen and oxygen atoms in total. The maximum atomic E-state index is 11.9. The third-order valence-corrected chi connectivity index (χ3v) is 3.57. The number of aromatic carboxylic acids is 1. The minimum atomic E-state index is -0.946. The molecule has 0 aliphatic carbocycles. The van der Waals surface area contributed by atoms with Crippen LogP contribution in [0.4, 0.5) is 4.79 Å². The number of piperidine rings is 1. The molecule has 1 fully saturated rings. The van der Waals surface area contributed by atoms with E-state index in [1.165, 1.54) is 0 Å². The second-order valence-corrected chi connectivity index (χ2v) is 5.23. The summed E-state index contributed by atoms with van der Waals surface area (Å²) in [6.07, 6.45) is 1.79. The number of carboxylic acid groups (broad SMARTS) is 1. The average Bonchev–Trinajstić information content (AvgIpc) is 2.47. The van der Waals surface area contributed by atoms with Crippen LogP contribution in [0.2, 0.25) is 0 Å². The van der Waals surface area contributed by atoms with Gasteiger partial charge in [-0.3, -0.25) is 0 Å². The van der Waals surface area contributed by atoms with Crippen LogP contribution in [0.1, 0.15) is 28.8 Å². The van der Waals surface area contributed by atoms with Crippen molar-refractivity contribution < 1.29 is 19.8 Å². The molecule has 114 valence electrons. The van der Waals surface area contributed by atoms with Crippen molar-refractivity contribution in [2.75, 3.05) is 19.6 Å². The Kier molecular flexibility index (Phi) is 5.16. The van der Waals surface area contributed by atoms with Gasteiger partial charge in [0.25, 0.3) is 0 Å². The molecule has 0 saturated carbocycles. The van der Waals surface area contributed by atoms with E-state index in [2.05, 4.69) is 5.32 Å². The fraction of sp³-hybridized carbons (Fsp3) is 0.467. The summed E-state index contributed by atoms with van der Waals surface area (Å²) < 4.78 is 0. The SMILES string of the molecule is O=C(O)c1ccc(CCNC(=O)N2CCCC(O)C2)cc1. The summed E-state index contributed by atoms with van der Waals surface area (Å²) >= 11 is 0. The summed E-state index contributed by atoms with van der Waals surface area (Å²) in [4.78, 5) is 24.3. The number of hydrogen-bond donors (Lipinski definition) is 3. The zero-order valence-corrected chi connectivity index (χ0v) is 11.8. The molecule has 1 saturated heterocycles. The van der Waals surface area contributed by atoms with Gasteiger partial charge in [0, 0.05) is 19.6 Å². The number of likely N-dealkylation sites (tertiary alicyclic amines) is 1. The monoisotopic (exact) mass is 292 g/mol. The fourth-order valence-electron chi connectivity index (χ4n) is 2.38. The van der Waals surface area contributed by atoms with E-state index in [-0.39, 0.29) is 11.6 Å². The van der Waals surface area contributed by atoms with Crippen molar-refractivity contribution in [2.45, 2.75) is 25.4 Å². The first-order valence-electron chi connectivity index (χ1n) is 7.09. The largest absolute Gasteiger partial charge is 0.478 e. The molecule has 1 aliphatic heterocycles. The summed E-state index contributed by atoms with van der Waals surface area (Å²) in [5.74, 6) is -0.946. The standard InChI is InChI=1S/C15H20N2O4/c18-13-2-1-9-17(10-13)15(21)16-8-7-11-3-5-12(6-4-11)14(19)20/h3-6,13,18H,1-2,7-10H2,(H,16,21)(H,19,20). The first-order valence-corrected chi connectivity index (χ1v) is 7.09. The lowest BCUT2D eigenvalue weighted by molar-refractivity contribution is 0.0697. The fourth-order valence-corrected chi connectivity index (χ4v) is 2.38. The summed E-state index contributed by atoms with van der Waals surface area (Å²) in [6, 6.07) is 6.46. The highest BCUT2D eigenvalue weighted by Gasteiger charge is 2.21. The summed E-state index contributed by atoms with van der Waals surface area (Å²) in [6.45, 7) is 1.55. The number of benzene rings is 1. The Morgan fingerprint density at radius 3 is 2.62 bits per heavy atom. The summed E-state index contributed by atoms with van der Waals surface area (Å²) in [5, 5.41) is 21.2. The van der Waals surface area contributed by atoms with Crippen LogP contribution in [0.5, 0.6) is 0 Å². The predicted molar refractivity (Wildman–Crippen MR) is 77.3 cm³/mol. The molecule has 2 amide bonds. The number of amides is 2. The number of carbonyl (C=O) groups excluding carboxylic acids is 1. The van der Waals surface area contributed by atoms with Crippen LogP contribution < -0.4 is 5.32 Å². The predicted octanol–water partition coefficient (Wildman–Crippen LogP) is 1.09. The van der Waals surface area contributed by atoms with Crippen LogP contribution in [-0.4, -0.2) is 52.9 Å². The number of aliphatic hydroxyl groups is 1. The molecule has 1 atom stereocenters. The van der Waals surface area contributed by atoms with Gasteiger partial charge in [0.15, 0.2) is 0 Å². The smallest absolute Gasteiger partial charge is 0.335 e. The second-order valence-electron chi connectivity index (χ2n) is 5.23. The highest BCUT2D eigenvalue weighted by atomic mass is 16.4. The van der Waals surface area contributed by atoms with E-state index < -0.39 is 12.1 Å². The first kappa shape index (κ1) is 15.3. The van der Waals surface area contributed by atoms with Crippen LogP contribution in [-0.2, 0) is 6.42 Å². The van der Waals surface area contributed by atoms with Crippen molar-refractivity contribution in [2.24, 2.45) is 0 Å². The van der Waals surface area contributed by atoms with Gasteiger partial charge in [-0.15, -0.1) is 0 Å². The van der Waals surface area contributed by atoms with Crippen molar-refractivity contribution in [1.82, 2.24) is 10.2 Å². The lowest BCUT2D eigenvalue weighted by Gasteiger charge is -2.30. The third-order valence-electron chi connectivity index (χ3n) is 3.57. The number of nitrogens with zero attached hydrogens (tertiary/aromatic N) is 1. The van der Waals surface area contributed by atoms with Gasteiger partial charge in [0.05, 0.1) is 11.7 Å². The van der Waals surface area contributed by atoms with E-state index in [0.29, 0.717) is 26.1 Å². The van der Waals surface area contributed by atoms with Gasteiger partial charge in [-0.05, 0) is 37.0 Å². The second kappa shape index (κ2) is 7.08. The number of β-amino-alcohol motifs (C(OH)–C–C–N with tert-alkyl or cyclic N) is 1. The van der Waals surface area contributed by atoms with Crippen molar-refractivity contribution in [1.29, 1.82) is 0 Å². The van der Waals surface area contributed by atoms with Crippen molar-refractivity contribution in [3.8, 4) is 0 Å². The molecular formula is C15H20N2O4. The van der Waals surface area contributed by atoms with Crippen molar-refractivity contribution in [3.63, 3.8) is 0 Å². The molecule has 0 bridgehead atoms. The first-order chi connectivity index (χ1) is 10.1. The van der Waals surface area contributed by atoms with Crippen LogP contribution in [0.15, 0.2) is 24.3 Å². The zero-order valence-electron chi connectivity index (χ0n) is 11.8. The third kappa shape index (κ3) is 4.46. The minimum absolute atomic E-state index is 0.157. The normalized spacial score (nSPS) is 18.3. The summed E-state index contributed by atoms with van der Waals surface area (Å²) in [5.41, 5.74) is 1.23. The number of hydrogen-bond acceptors (Lipinski definition) is 3. The lowest BCUT2D eigenvalue weighted by atomic mass is 10.1. The van der Waals surface area contributed by atoms with E-state index in [1.807, 2.05) is 0 Å². The van der Waals surface area contributed by atoms with E-state index in [1.54, 1.807) is 29.2 Å². The van der Waals surface area contributed by atoms with Crippen LogP contribution in [0.3, 0.4) is 0 Å². The number of carboxylic acids is 1. The number of rotatable bonds is 4. The Hall–Kier alpha value is -2.08. The molecule has 2 rings (SSSR count). The molecule has 1 aromatic carbocycles. The molecule has 1 aliphatic rings. The highest BCUT2D eigenvalue weighted by molar-refractivity contribution is 5.87. The van der Waals surface area contributed by atoms with E-state index in [0.717, 1.165) is 18.4 Å². The molecule has 0 spiro atoms. The van der Waals surface area contributed by atoms with Gasteiger partial charge in [-0.25, -0.2) is 9.59 Å². The maximum absolute atomic E-state index is 11.9. The molecule has 1 heterocycles. The molecule has 21 heavy (non-hydrogen) atoms. The average molecular weight is 292 g/mol. The quantitative estimate of drug-likeness (QED) is 0.775. The van der Waals surface area contributed by atoms with E-state index in [9.17, 15) is 14.7 Å². The number of urea groups is 1. The van der Waals surface area contributed by atoms with Crippen molar-refractivity contribution in [3.05, 3.63) is 35.4 Å². The lowest BCUT2D eigenvalue weighted by Crippen LogP contribution is -2.47. The number of carbonyl (C=O) groups is 2. The molecule has 1 unspecified atom stereocenters. The van der Waals surface area contributed by atoms with Gasteiger partial charge in [-0.1, -0.05) is 12.1 Å². The van der Waals surface area contributed by atoms with Gasteiger partial charge >= 0.3 is 12.0 Å². The molecule has 0 radical (unpaired) electrons. The molecule has 1 aromatic rings. The maximum Gasteiger partial charge on any atom is 0.335 e. The molecule has 6 heteroatoms. The summed E-state index contributed by atoms with van der Waals surface area (Å²) in [7, 11) is 0. The minimum Gasteiger partial charge on any atom is -0.478 e. The molecule has 0 aromatic heterocycles. The Morgan fingerprint density at radius 2 is 2.00 bits per heavy atom. The van der Waals surface area contributed by atoms with Gasteiger partial charge in [-0.2, -0.15) is 0 Å². The Bertz CT molecular complexity index is 501. The number of nitrogens with one attached hydrogen (secondary N) is 1. The van der Waals surface area contributed by atoms with E-state index in [4.69, 9.17) is 5.11 Å². The van der Waals surface area contributed by atoms with Crippen molar-refractivity contribution >= 4 is 12.0 Å². The topological polar surface area (TPSA) is 89.9 Å².